The highest BCUT2D eigenvalue weighted by molar-refractivity contribution is 8.00. The number of thioether (sulfide) groups is 1. The van der Waals surface area contributed by atoms with E-state index in [-0.39, 0.29) is 11.2 Å². The molecule has 4 heteroatoms. The number of rotatable bonds is 14. The summed E-state index contributed by atoms with van der Waals surface area (Å²) in [7, 11) is 0. The van der Waals surface area contributed by atoms with E-state index in [0.717, 1.165) is 28.1 Å². The van der Waals surface area contributed by atoms with Crippen LogP contribution in [0, 0.1) is 20.8 Å². The summed E-state index contributed by atoms with van der Waals surface area (Å²) in [5.74, 6) is 1.40. The van der Waals surface area contributed by atoms with Crippen molar-refractivity contribution in [1.82, 2.24) is 0 Å². The first-order valence-corrected chi connectivity index (χ1v) is 12.2. The number of aromatic hydroxyl groups is 1. The average Bonchev–Trinajstić information content (AvgIpc) is 2.68. The Bertz CT molecular complexity index is 601. The van der Waals surface area contributed by atoms with Crippen LogP contribution in [0.5, 0.6) is 5.75 Å². The Kier molecular flexibility index (Phi) is 12.4. The van der Waals surface area contributed by atoms with Crippen LogP contribution in [0.25, 0.3) is 0 Å². The predicted molar refractivity (Wildman–Crippen MR) is 125 cm³/mol. The van der Waals surface area contributed by atoms with Crippen LogP contribution in [-0.4, -0.2) is 22.0 Å². The number of nitrogens with one attached hydrogen (secondary N) is 1. The number of carbonyl (C=O) groups excluding carboxylic acids is 1. The number of carbonyl (C=O) groups is 1. The molecule has 160 valence electrons. The third kappa shape index (κ3) is 8.89. The zero-order valence-electron chi connectivity index (χ0n) is 18.7. The number of unbranched alkanes of at least 4 members (excludes halogenated alkanes) is 9. The first kappa shape index (κ1) is 24.9. The minimum atomic E-state index is -0.0626. The molecule has 1 aromatic rings. The van der Waals surface area contributed by atoms with Gasteiger partial charge in [-0.1, -0.05) is 64.7 Å². The number of phenolic OH excluding ortho intramolecular Hbond substituents is 1. The third-order valence-electron chi connectivity index (χ3n) is 5.55. The van der Waals surface area contributed by atoms with Gasteiger partial charge in [0.25, 0.3) is 0 Å². The van der Waals surface area contributed by atoms with Gasteiger partial charge in [0.1, 0.15) is 5.75 Å². The zero-order chi connectivity index (χ0) is 20.9. The van der Waals surface area contributed by atoms with E-state index in [2.05, 4.69) is 12.2 Å². The van der Waals surface area contributed by atoms with Gasteiger partial charge in [-0.3, -0.25) is 4.79 Å². The van der Waals surface area contributed by atoms with Crippen molar-refractivity contribution in [2.45, 2.75) is 104 Å². The Morgan fingerprint density at radius 3 is 2.07 bits per heavy atom. The first-order chi connectivity index (χ1) is 13.4. The zero-order valence-corrected chi connectivity index (χ0v) is 19.5. The molecule has 28 heavy (non-hydrogen) atoms. The van der Waals surface area contributed by atoms with Gasteiger partial charge in [0.15, 0.2) is 0 Å². The molecule has 1 aromatic carbocycles. The quantitative estimate of drug-likeness (QED) is 0.251. The van der Waals surface area contributed by atoms with Gasteiger partial charge in [0.05, 0.1) is 5.25 Å². The van der Waals surface area contributed by atoms with Gasteiger partial charge in [0.2, 0.25) is 5.91 Å². The Hall–Kier alpha value is -1.16. The number of phenols is 1. The molecule has 0 aliphatic carbocycles. The average molecular weight is 408 g/mol. The van der Waals surface area contributed by atoms with Crippen molar-refractivity contribution in [3.8, 4) is 5.75 Å². The van der Waals surface area contributed by atoms with E-state index in [0.29, 0.717) is 5.75 Å². The fraction of sp³-hybridized carbons (Fsp3) is 0.708. The maximum Gasteiger partial charge on any atom is 0.237 e. The van der Waals surface area contributed by atoms with Crippen molar-refractivity contribution in [3.05, 3.63) is 22.8 Å². The second-order valence-corrected chi connectivity index (χ2v) is 9.47. The largest absolute Gasteiger partial charge is 0.507 e. The van der Waals surface area contributed by atoms with Gasteiger partial charge in [0, 0.05) is 5.69 Å². The number of amides is 1. The first-order valence-electron chi connectivity index (χ1n) is 11.1. The van der Waals surface area contributed by atoms with E-state index in [1.165, 1.54) is 64.2 Å². The number of anilines is 1. The van der Waals surface area contributed by atoms with E-state index in [9.17, 15) is 9.90 Å². The topological polar surface area (TPSA) is 49.3 Å². The SMILES string of the molecule is CCCCCCCCCCCCSC(C)C(=O)Nc1cc(C)c(O)c(C)c1C. The van der Waals surface area contributed by atoms with Crippen LogP contribution in [0.2, 0.25) is 0 Å². The molecule has 0 bridgehead atoms. The molecule has 0 saturated carbocycles. The minimum Gasteiger partial charge on any atom is -0.507 e. The van der Waals surface area contributed by atoms with Crippen molar-refractivity contribution >= 4 is 23.4 Å². The van der Waals surface area contributed by atoms with Gasteiger partial charge < -0.3 is 10.4 Å². The number of benzene rings is 1. The summed E-state index contributed by atoms with van der Waals surface area (Å²) in [5.41, 5.74) is 3.37. The lowest BCUT2D eigenvalue weighted by Crippen LogP contribution is -2.23. The summed E-state index contributed by atoms with van der Waals surface area (Å²) < 4.78 is 0. The molecule has 0 radical (unpaired) electrons. The smallest absolute Gasteiger partial charge is 0.237 e. The molecule has 0 fully saturated rings. The number of hydrogen-bond donors (Lipinski definition) is 2. The van der Waals surface area contributed by atoms with Crippen LogP contribution >= 0.6 is 11.8 Å². The Balaban J connectivity index is 2.19. The number of aryl methyl sites for hydroxylation is 1. The van der Waals surface area contributed by atoms with Crippen molar-refractivity contribution < 1.29 is 9.90 Å². The molecule has 0 aromatic heterocycles. The highest BCUT2D eigenvalue weighted by Gasteiger charge is 2.16. The number of hydrogen-bond acceptors (Lipinski definition) is 3. The van der Waals surface area contributed by atoms with Gasteiger partial charge in [-0.25, -0.2) is 0 Å². The lowest BCUT2D eigenvalue weighted by molar-refractivity contribution is -0.115. The summed E-state index contributed by atoms with van der Waals surface area (Å²) in [5, 5.41) is 13.0. The molecular formula is C24H41NO2S. The summed E-state index contributed by atoms with van der Waals surface area (Å²) in [6.45, 7) is 9.92. The summed E-state index contributed by atoms with van der Waals surface area (Å²) >= 11 is 1.74. The summed E-state index contributed by atoms with van der Waals surface area (Å²) in [6, 6.07) is 1.86. The molecule has 0 aliphatic rings. The molecular weight excluding hydrogens is 366 g/mol. The predicted octanol–water partition coefficient (Wildman–Crippen LogP) is 7.30. The van der Waals surface area contributed by atoms with Crippen molar-refractivity contribution in [3.63, 3.8) is 0 Å². The van der Waals surface area contributed by atoms with E-state index in [1.807, 2.05) is 33.8 Å². The Morgan fingerprint density at radius 1 is 0.964 bits per heavy atom. The van der Waals surface area contributed by atoms with Gasteiger partial charge in [-0.15, -0.1) is 11.8 Å². The van der Waals surface area contributed by atoms with Crippen LogP contribution in [0.15, 0.2) is 6.07 Å². The Labute approximate surface area is 177 Å². The van der Waals surface area contributed by atoms with Crippen molar-refractivity contribution in [2.75, 3.05) is 11.1 Å². The molecule has 0 spiro atoms. The molecule has 3 nitrogen and oxygen atoms in total. The van der Waals surface area contributed by atoms with Crippen LogP contribution < -0.4 is 5.32 Å². The van der Waals surface area contributed by atoms with Crippen LogP contribution in [0.4, 0.5) is 5.69 Å². The van der Waals surface area contributed by atoms with Gasteiger partial charge in [-0.05, 0) is 62.6 Å². The second kappa shape index (κ2) is 13.9. The van der Waals surface area contributed by atoms with Gasteiger partial charge in [-0.2, -0.15) is 0 Å². The Morgan fingerprint density at radius 2 is 1.50 bits per heavy atom. The molecule has 0 heterocycles. The van der Waals surface area contributed by atoms with Crippen molar-refractivity contribution in [1.29, 1.82) is 0 Å². The fourth-order valence-electron chi connectivity index (χ4n) is 3.36. The van der Waals surface area contributed by atoms with E-state index < -0.39 is 0 Å². The van der Waals surface area contributed by atoms with Crippen molar-refractivity contribution in [2.24, 2.45) is 0 Å². The highest BCUT2D eigenvalue weighted by atomic mass is 32.2. The molecule has 1 atom stereocenters. The van der Waals surface area contributed by atoms with Crippen LogP contribution in [0.3, 0.4) is 0 Å². The van der Waals surface area contributed by atoms with Crippen LogP contribution in [-0.2, 0) is 4.79 Å². The summed E-state index contributed by atoms with van der Waals surface area (Å²) in [6.07, 6.45) is 13.4. The van der Waals surface area contributed by atoms with E-state index in [4.69, 9.17) is 0 Å². The summed E-state index contributed by atoms with van der Waals surface area (Å²) in [4.78, 5) is 12.5. The maximum absolute atomic E-state index is 12.5. The lowest BCUT2D eigenvalue weighted by atomic mass is 10.0. The molecule has 0 aliphatic heterocycles. The molecule has 2 N–H and O–H groups in total. The fourth-order valence-corrected chi connectivity index (χ4v) is 4.29. The van der Waals surface area contributed by atoms with Gasteiger partial charge >= 0.3 is 0 Å². The molecule has 1 rings (SSSR count). The molecule has 1 amide bonds. The second-order valence-electron chi connectivity index (χ2n) is 8.02. The highest BCUT2D eigenvalue weighted by Crippen LogP contribution is 2.31. The monoisotopic (exact) mass is 407 g/mol. The van der Waals surface area contributed by atoms with E-state index in [1.54, 1.807) is 11.8 Å². The molecule has 0 saturated heterocycles. The lowest BCUT2D eigenvalue weighted by Gasteiger charge is -2.16. The van der Waals surface area contributed by atoms with Crippen LogP contribution in [0.1, 0.15) is 94.7 Å². The standard InChI is InChI=1S/C24H41NO2S/c1-6-7-8-9-10-11-12-13-14-15-16-28-21(5)24(27)25-22-17-18(2)23(26)20(4)19(22)3/h17,21,26H,6-16H2,1-5H3,(H,25,27). The van der Waals surface area contributed by atoms with E-state index >= 15 is 0 Å². The normalized spacial score (nSPS) is 12.2. The molecule has 1 unspecified atom stereocenters. The third-order valence-corrected chi connectivity index (χ3v) is 6.79. The maximum atomic E-state index is 12.5. The minimum absolute atomic E-state index is 0.0460.